The second kappa shape index (κ2) is 10.2. The molecule has 0 saturated carbocycles. The molecular weight excluding hydrogens is 472 g/mol. The smallest absolute Gasteiger partial charge is 0.291 e. The number of non-ortho nitro benzene ring substituents is 1. The van der Waals surface area contributed by atoms with E-state index in [1.54, 1.807) is 18.2 Å². The van der Waals surface area contributed by atoms with Crippen LogP contribution in [0, 0.1) is 17.0 Å². The molecular formula is C29H22N2O6. The highest BCUT2D eigenvalue weighted by Gasteiger charge is 2.16. The largest absolute Gasteiger partial charge is 0.486 e. The van der Waals surface area contributed by atoms with E-state index in [0.717, 1.165) is 16.3 Å². The van der Waals surface area contributed by atoms with Gasteiger partial charge in [-0.05, 0) is 54.1 Å². The minimum Gasteiger partial charge on any atom is -0.486 e. The molecule has 0 saturated heterocycles. The van der Waals surface area contributed by atoms with Gasteiger partial charge in [0.25, 0.3) is 11.6 Å². The predicted molar refractivity (Wildman–Crippen MR) is 139 cm³/mol. The molecule has 8 nitrogen and oxygen atoms in total. The fraction of sp³-hybridized carbons (Fsp3) is 0.0690. The molecule has 5 rings (SSSR count). The Morgan fingerprint density at radius 2 is 1.62 bits per heavy atom. The highest BCUT2D eigenvalue weighted by atomic mass is 16.6. The maximum Gasteiger partial charge on any atom is 0.291 e. The summed E-state index contributed by atoms with van der Waals surface area (Å²) in [6, 6.07) is 28.2. The lowest BCUT2D eigenvalue weighted by Gasteiger charge is -2.09. The van der Waals surface area contributed by atoms with E-state index in [1.165, 1.54) is 24.3 Å². The molecule has 37 heavy (non-hydrogen) atoms. The lowest BCUT2D eigenvalue weighted by atomic mass is 10.1. The molecule has 0 bridgehead atoms. The summed E-state index contributed by atoms with van der Waals surface area (Å²) >= 11 is 0. The lowest BCUT2D eigenvalue weighted by molar-refractivity contribution is -0.384. The van der Waals surface area contributed by atoms with Crippen LogP contribution in [0.2, 0.25) is 0 Å². The van der Waals surface area contributed by atoms with Gasteiger partial charge in [-0.15, -0.1) is 0 Å². The molecule has 0 aliphatic rings. The van der Waals surface area contributed by atoms with E-state index in [1.807, 2.05) is 61.5 Å². The highest BCUT2D eigenvalue weighted by Crippen LogP contribution is 2.30. The van der Waals surface area contributed by atoms with Crippen LogP contribution >= 0.6 is 0 Å². The first-order chi connectivity index (χ1) is 17.9. The van der Waals surface area contributed by atoms with Gasteiger partial charge < -0.3 is 19.2 Å². The molecule has 1 amide bonds. The van der Waals surface area contributed by atoms with Crippen molar-refractivity contribution in [2.45, 2.75) is 13.5 Å². The van der Waals surface area contributed by atoms with E-state index in [0.29, 0.717) is 17.3 Å². The Balaban J connectivity index is 1.27. The van der Waals surface area contributed by atoms with E-state index in [9.17, 15) is 14.9 Å². The maximum absolute atomic E-state index is 12.8. The number of fused-ring (bicyclic) bond motifs is 1. The normalized spacial score (nSPS) is 10.7. The average molecular weight is 495 g/mol. The predicted octanol–water partition coefficient (Wildman–Crippen LogP) is 7.27. The molecule has 0 radical (unpaired) electrons. The molecule has 0 fully saturated rings. The summed E-state index contributed by atoms with van der Waals surface area (Å²) in [5.74, 6) is 1.37. The van der Waals surface area contributed by atoms with Crippen LogP contribution in [-0.4, -0.2) is 10.8 Å². The molecule has 0 aliphatic carbocycles. The van der Waals surface area contributed by atoms with Crippen molar-refractivity contribution < 1.29 is 23.6 Å². The summed E-state index contributed by atoms with van der Waals surface area (Å²) in [5, 5.41) is 16.2. The van der Waals surface area contributed by atoms with Crippen molar-refractivity contribution >= 4 is 28.1 Å². The summed E-state index contributed by atoms with van der Waals surface area (Å²) in [5.41, 5.74) is 1.04. The fourth-order valence-corrected chi connectivity index (χ4v) is 3.74. The number of nitrogens with zero attached hydrogens (tertiary/aromatic N) is 1. The Labute approximate surface area is 212 Å². The van der Waals surface area contributed by atoms with Gasteiger partial charge in [0.15, 0.2) is 5.76 Å². The number of ether oxygens (including phenoxy) is 2. The first-order valence-electron chi connectivity index (χ1n) is 11.5. The van der Waals surface area contributed by atoms with Crippen molar-refractivity contribution in [3.8, 4) is 17.2 Å². The molecule has 8 heteroatoms. The van der Waals surface area contributed by atoms with Gasteiger partial charge in [-0.25, -0.2) is 0 Å². The first kappa shape index (κ1) is 23.6. The number of furan rings is 1. The van der Waals surface area contributed by atoms with Crippen LogP contribution in [0.25, 0.3) is 10.8 Å². The third-order valence-corrected chi connectivity index (χ3v) is 5.60. The Bertz CT molecular complexity index is 1590. The number of nitrogens with one attached hydrogen (secondary N) is 1. The second-order valence-corrected chi connectivity index (χ2v) is 8.41. The summed E-state index contributed by atoms with van der Waals surface area (Å²) < 4.78 is 17.2. The van der Waals surface area contributed by atoms with E-state index in [4.69, 9.17) is 13.9 Å². The van der Waals surface area contributed by atoms with Gasteiger partial charge >= 0.3 is 0 Å². The van der Waals surface area contributed by atoms with Crippen LogP contribution in [0.1, 0.15) is 21.9 Å². The second-order valence-electron chi connectivity index (χ2n) is 8.41. The van der Waals surface area contributed by atoms with Gasteiger partial charge in [0.1, 0.15) is 29.6 Å². The van der Waals surface area contributed by atoms with E-state index in [2.05, 4.69) is 5.32 Å². The minimum atomic E-state index is -0.557. The Hall–Kier alpha value is -5.11. The summed E-state index contributed by atoms with van der Waals surface area (Å²) in [4.78, 5) is 23.7. The first-order valence-corrected chi connectivity index (χ1v) is 11.5. The number of nitro benzene ring substituents is 1. The number of amides is 1. The van der Waals surface area contributed by atoms with Crippen molar-refractivity contribution in [1.29, 1.82) is 0 Å². The van der Waals surface area contributed by atoms with Gasteiger partial charge in [0, 0.05) is 12.1 Å². The van der Waals surface area contributed by atoms with Crippen molar-refractivity contribution in [3.63, 3.8) is 0 Å². The van der Waals surface area contributed by atoms with Crippen LogP contribution in [0.4, 0.5) is 11.4 Å². The molecule has 1 aromatic heterocycles. The van der Waals surface area contributed by atoms with Crippen LogP contribution in [0.5, 0.6) is 17.2 Å². The molecule has 1 heterocycles. The van der Waals surface area contributed by atoms with Crippen molar-refractivity contribution in [3.05, 3.63) is 124 Å². The monoisotopic (exact) mass is 494 g/mol. The number of nitro groups is 1. The number of carbonyl (C=O) groups is 1. The van der Waals surface area contributed by atoms with Gasteiger partial charge in [-0.1, -0.05) is 48.0 Å². The van der Waals surface area contributed by atoms with Crippen molar-refractivity contribution in [2.24, 2.45) is 0 Å². The summed E-state index contributed by atoms with van der Waals surface area (Å²) in [6.45, 7) is 2.08. The Morgan fingerprint density at radius 3 is 2.41 bits per heavy atom. The van der Waals surface area contributed by atoms with E-state index >= 15 is 0 Å². The molecule has 5 aromatic rings. The lowest BCUT2D eigenvalue weighted by Crippen LogP contribution is -2.11. The van der Waals surface area contributed by atoms with E-state index < -0.39 is 10.8 Å². The molecule has 0 unspecified atom stereocenters. The molecule has 1 N–H and O–H groups in total. The molecule has 4 aromatic carbocycles. The van der Waals surface area contributed by atoms with E-state index in [-0.39, 0.29) is 29.5 Å². The number of aryl methyl sites for hydroxylation is 1. The van der Waals surface area contributed by atoms with Crippen molar-refractivity contribution in [2.75, 3.05) is 5.32 Å². The van der Waals surface area contributed by atoms with Crippen LogP contribution in [0.3, 0.4) is 0 Å². The Kier molecular flexibility index (Phi) is 6.54. The number of hydrogen-bond donors (Lipinski definition) is 1. The molecule has 184 valence electrons. The number of anilines is 1. The van der Waals surface area contributed by atoms with Gasteiger partial charge in [0.2, 0.25) is 0 Å². The average Bonchev–Trinajstić information content (AvgIpc) is 3.38. The van der Waals surface area contributed by atoms with Crippen molar-refractivity contribution in [1.82, 2.24) is 0 Å². The zero-order valence-corrected chi connectivity index (χ0v) is 19.8. The standard InChI is InChI=1S/C29H22N2O6/c1-19-6-9-24(10-7-19)36-27-16-22(15-23(17-27)31(33)34)30-29(32)28-13-12-26(37-28)18-35-25-11-8-20-4-2-3-5-21(20)14-25/h2-17H,18H2,1H3,(H,30,32). The Morgan fingerprint density at radius 1 is 0.865 bits per heavy atom. The SMILES string of the molecule is Cc1ccc(Oc2cc(NC(=O)c3ccc(COc4ccc5ccccc5c4)o3)cc([N+](=O)[O-])c2)cc1. The van der Waals surface area contributed by atoms with Crippen LogP contribution in [0.15, 0.2) is 101 Å². The highest BCUT2D eigenvalue weighted by molar-refractivity contribution is 6.02. The zero-order valence-electron chi connectivity index (χ0n) is 19.8. The third kappa shape index (κ3) is 5.76. The summed E-state index contributed by atoms with van der Waals surface area (Å²) in [6.07, 6.45) is 0. The van der Waals surface area contributed by atoms with Gasteiger partial charge in [-0.2, -0.15) is 0 Å². The third-order valence-electron chi connectivity index (χ3n) is 5.60. The topological polar surface area (TPSA) is 104 Å². The summed E-state index contributed by atoms with van der Waals surface area (Å²) in [7, 11) is 0. The van der Waals surface area contributed by atoms with Crippen LogP contribution in [-0.2, 0) is 6.61 Å². The fourth-order valence-electron chi connectivity index (χ4n) is 3.74. The maximum atomic E-state index is 12.8. The number of rotatable bonds is 8. The zero-order chi connectivity index (χ0) is 25.8. The number of hydrogen-bond acceptors (Lipinski definition) is 6. The minimum absolute atomic E-state index is 0.0459. The molecule has 0 spiro atoms. The van der Waals surface area contributed by atoms with Gasteiger partial charge in [0.05, 0.1) is 16.7 Å². The quantitative estimate of drug-likeness (QED) is 0.180. The number of carbonyl (C=O) groups excluding carboxylic acids is 1. The molecule has 0 aliphatic heterocycles. The number of benzene rings is 4. The molecule has 0 atom stereocenters. The van der Waals surface area contributed by atoms with Gasteiger partial charge in [-0.3, -0.25) is 14.9 Å². The van der Waals surface area contributed by atoms with Crippen LogP contribution < -0.4 is 14.8 Å².